The zero-order valence-corrected chi connectivity index (χ0v) is 30.1. The van der Waals surface area contributed by atoms with E-state index in [4.69, 9.17) is 4.74 Å². The van der Waals surface area contributed by atoms with Crippen molar-refractivity contribution in [1.29, 1.82) is 0 Å². The predicted octanol–water partition coefficient (Wildman–Crippen LogP) is 5.48. The summed E-state index contributed by atoms with van der Waals surface area (Å²) in [5, 5.41) is 0. The largest absolute Gasteiger partial charge is 0.378 e. The van der Waals surface area contributed by atoms with Crippen LogP contribution in [0.4, 0.5) is 8.78 Å². The summed E-state index contributed by atoms with van der Waals surface area (Å²) >= 11 is 0. The van der Waals surface area contributed by atoms with E-state index < -0.39 is 34.9 Å². The number of carbonyl (C=O) groups excluding carboxylic acids is 3. The first-order valence-electron chi connectivity index (χ1n) is 17.3. The van der Waals surface area contributed by atoms with Gasteiger partial charge in [-0.2, -0.15) is 0 Å². The van der Waals surface area contributed by atoms with Crippen molar-refractivity contribution in [3.63, 3.8) is 0 Å². The Balaban J connectivity index is 0.00000500. The highest BCUT2D eigenvalue weighted by Gasteiger charge is 2.51. The number of benzene rings is 1. The maximum atomic E-state index is 15.3. The number of halogens is 3. The van der Waals surface area contributed by atoms with Crippen molar-refractivity contribution in [1.82, 2.24) is 19.6 Å². The standard InChI is InChI=1S/C36H54F2N4O4.ClH/c1-23-8-11-25(12-9-23)42(34(45)35(2,3)4)26-19-31(33(44)39-14-16-46-17-15-39)41(20-26)32(43)29-22-40(36(5,6)7)21-28(29)27-13-10-24(37)18-30(27)38;/h10,13,18,23,25-26,28-29,31H,8-9,11-12,14-17,19-22H2,1-7H3;1H/t23?,25?,26-,28-,29+,31-;/m0./s1. The Kier molecular flexibility index (Phi) is 11.7. The molecule has 3 saturated heterocycles. The molecule has 3 amide bonds. The number of hydrogen-bond donors (Lipinski definition) is 0. The highest BCUT2D eigenvalue weighted by Crippen LogP contribution is 2.41. The number of hydrogen-bond acceptors (Lipinski definition) is 5. The molecule has 1 aromatic carbocycles. The van der Waals surface area contributed by atoms with E-state index in [-0.39, 0.29) is 54.3 Å². The van der Waals surface area contributed by atoms with Crippen LogP contribution >= 0.6 is 12.4 Å². The van der Waals surface area contributed by atoms with Crippen molar-refractivity contribution in [2.45, 2.75) is 110 Å². The van der Waals surface area contributed by atoms with E-state index in [1.807, 2.05) is 25.7 Å². The van der Waals surface area contributed by atoms with Crippen molar-refractivity contribution in [3.8, 4) is 0 Å². The topological polar surface area (TPSA) is 73.4 Å². The van der Waals surface area contributed by atoms with Crippen molar-refractivity contribution < 1.29 is 27.9 Å². The Hall–Kier alpha value is -2.30. The summed E-state index contributed by atoms with van der Waals surface area (Å²) < 4.78 is 34.8. The molecule has 3 aliphatic heterocycles. The molecule has 0 unspecified atom stereocenters. The highest BCUT2D eigenvalue weighted by atomic mass is 35.5. The molecule has 0 N–H and O–H groups in total. The molecule has 1 saturated carbocycles. The van der Waals surface area contributed by atoms with Crippen LogP contribution in [-0.4, -0.2) is 107 Å². The van der Waals surface area contributed by atoms with Crippen molar-refractivity contribution in [3.05, 3.63) is 35.4 Å². The molecule has 4 aliphatic rings. The first kappa shape index (κ1) is 37.5. The summed E-state index contributed by atoms with van der Waals surface area (Å²) in [6.45, 7) is 17.2. The fraction of sp³-hybridized carbons (Fsp3) is 0.750. The van der Waals surface area contributed by atoms with E-state index in [1.54, 1.807) is 9.80 Å². The Morgan fingerprint density at radius 3 is 2.09 bits per heavy atom. The van der Waals surface area contributed by atoms with Gasteiger partial charge in [-0.05, 0) is 70.4 Å². The number of likely N-dealkylation sites (tertiary alicyclic amines) is 2. The zero-order valence-electron chi connectivity index (χ0n) is 29.3. The molecule has 8 nitrogen and oxygen atoms in total. The molecule has 5 rings (SSSR count). The summed E-state index contributed by atoms with van der Waals surface area (Å²) in [5.41, 5.74) is -0.582. The van der Waals surface area contributed by atoms with E-state index >= 15 is 4.39 Å². The van der Waals surface area contributed by atoms with Gasteiger partial charge in [-0.1, -0.05) is 33.8 Å². The molecule has 0 spiro atoms. The molecule has 1 aromatic rings. The molecule has 4 atom stereocenters. The number of rotatable bonds is 5. The second-order valence-electron chi connectivity index (χ2n) is 16.2. The van der Waals surface area contributed by atoms with Crippen LogP contribution in [0, 0.1) is 28.9 Å². The van der Waals surface area contributed by atoms with Crippen LogP contribution in [0.2, 0.25) is 0 Å². The van der Waals surface area contributed by atoms with Gasteiger partial charge in [-0.3, -0.25) is 19.3 Å². The number of ether oxygens (including phenoxy) is 1. The molecule has 264 valence electrons. The molecule has 47 heavy (non-hydrogen) atoms. The van der Waals surface area contributed by atoms with Crippen LogP contribution in [0.25, 0.3) is 0 Å². The highest BCUT2D eigenvalue weighted by molar-refractivity contribution is 5.91. The van der Waals surface area contributed by atoms with Crippen LogP contribution in [-0.2, 0) is 19.1 Å². The predicted molar refractivity (Wildman–Crippen MR) is 180 cm³/mol. The minimum Gasteiger partial charge on any atom is -0.378 e. The number of amides is 3. The van der Waals surface area contributed by atoms with Gasteiger partial charge in [0.2, 0.25) is 17.7 Å². The minimum absolute atomic E-state index is 0. The SMILES string of the molecule is CC1CCC(N(C(=O)C(C)(C)C)[C@H]2C[C@@H](C(=O)N3CCOCC3)N(C(=O)[C@@H]3CN(C(C)(C)C)C[C@H]3c3ccc(F)cc3F)C2)CC1.Cl. The van der Waals surface area contributed by atoms with Crippen LogP contribution in [0.3, 0.4) is 0 Å². The van der Waals surface area contributed by atoms with E-state index in [1.165, 1.54) is 12.1 Å². The smallest absolute Gasteiger partial charge is 0.245 e. The van der Waals surface area contributed by atoms with Crippen LogP contribution < -0.4 is 0 Å². The van der Waals surface area contributed by atoms with Gasteiger partial charge in [0.25, 0.3) is 0 Å². The fourth-order valence-electron chi connectivity index (χ4n) is 7.96. The minimum atomic E-state index is -0.726. The van der Waals surface area contributed by atoms with Gasteiger partial charge in [0, 0.05) is 61.7 Å². The fourth-order valence-corrected chi connectivity index (χ4v) is 7.96. The average molecular weight is 681 g/mol. The van der Waals surface area contributed by atoms with Gasteiger partial charge in [0.05, 0.1) is 25.2 Å². The number of nitrogens with zero attached hydrogens (tertiary/aromatic N) is 4. The maximum Gasteiger partial charge on any atom is 0.245 e. The Morgan fingerprint density at radius 2 is 1.51 bits per heavy atom. The first-order valence-corrected chi connectivity index (χ1v) is 17.3. The van der Waals surface area contributed by atoms with Gasteiger partial charge in [-0.25, -0.2) is 8.78 Å². The van der Waals surface area contributed by atoms with E-state index in [0.29, 0.717) is 57.3 Å². The first-order chi connectivity index (χ1) is 21.6. The molecular weight excluding hydrogens is 626 g/mol. The number of carbonyl (C=O) groups is 3. The maximum absolute atomic E-state index is 15.3. The number of morpholine rings is 1. The van der Waals surface area contributed by atoms with Gasteiger partial charge >= 0.3 is 0 Å². The van der Waals surface area contributed by atoms with Crippen molar-refractivity contribution in [2.75, 3.05) is 45.9 Å². The summed E-state index contributed by atoms with van der Waals surface area (Å²) in [6.07, 6.45) is 4.27. The summed E-state index contributed by atoms with van der Waals surface area (Å²) in [5.74, 6) is -2.10. The molecule has 3 heterocycles. The summed E-state index contributed by atoms with van der Waals surface area (Å²) in [4.78, 5) is 50.9. The quantitative estimate of drug-likeness (QED) is 0.412. The lowest BCUT2D eigenvalue weighted by Crippen LogP contribution is -2.53. The molecular formula is C36H55ClF2N4O4. The Bertz CT molecular complexity index is 1290. The van der Waals surface area contributed by atoms with Crippen molar-refractivity contribution in [2.24, 2.45) is 17.3 Å². The van der Waals surface area contributed by atoms with Gasteiger partial charge in [0.15, 0.2) is 0 Å². The summed E-state index contributed by atoms with van der Waals surface area (Å²) in [7, 11) is 0. The molecule has 0 aromatic heterocycles. The average Bonchev–Trinajstić information content (AvgIpc) is 3.63. The second kappa shape index (κ2) is 14.7. The lowest BCUT2D eigenvalue weighted by atomic mass is 9.84. The van der Waals surface area contributed by atoms with Crippen molar-refractivity contribution >= 4 is 30.1 Å². The third-order valence-electron chi connectivity index (χ3n) is 10.8. The molecule has 1 aliphatic carbocycles. The third-order valence-corrected chi connectivity index (χ3v) is 10.8. The normalized spacial score (nSPS) is 29.0. The Morgan fingerprint density at radius 1 is 0.872 bits per heavy atom. The van der Waals surface area contributed by atoms with Gasteiger partial charge in [-0.15, -0.1) is 12.4 Å². The van der Waals surface area contributed by atoms with E-state index in [9.17, 15) is 18.8 Å². The van der Waals surface area contributed by atoms with Crippen LogP contribution in [0.1, 0.15) is 92.1 Å². The second-order valence-corrected chi connectivity index (χ2v) is 16.2. The monoisotopic (exact) mass is 680 g/mol. The van der Waals surface area contributed by atoms with Crippen LogP contribution in [0.5, 0.6) is 0 Å². The zero-order chi connectivity index (χ0) is 33.6. The molecule has 11 heteroatoms. The van der Waals surface area contributed by atoms with Gasteiger partial charge in [0.1, 0.15) is 17.7 Å². The Labute approximate surface area is 285 Å². The molecule has 4 fully saturated rings. The molecule has 0 bridgehead atoms. The molecule has 0 radical (unpaired) electrons. The summed E-state index contributed by atoms with van der Waals surface area (Å²) in [6, 6.07) is 2.62. The van der Waals surface area contributed by atoms with Gasteiger partial charge < -0.3 is 19.4 Å². The lowest BCUT2D eigenvalue weighted by Gasteiger charge is -2.42. The van der Waals surface area contributed by atoms with E-state index in [0.717, 1.165) is 31.7 Å². The lowest BCUT2D eigenvalue weighted by molar-refractivity contribution is -0.148. The van der Waals surface area contributed by atoms with E-state index in [2.05, 4.69) is 32.6 Å². The third kappa shape index (κ3) is 8.13. The van der Waals surface area contributed by atoms with Crippen LogP contribution in [0.15, 0.2) is 18.2 Å².